The molecule has 0 radical (unpaired) electrons. The fourth-order valence-corrected chi connectivity index (χ4v) is 2.37. The molecule has 0 unspecified atom stereocenters. The highest BCUT2D eigenvalue weighted by Gasteiger charge is 2.12. The fourth-order valence-electron chi connectivity index (χ4n) is 2.18. The number of rotatable bonds is 6. The second kappa shape index (κ2) is 7.14. The van der Waals surface area contributed by atoms with E-state index >= 15 is 0 Å². The van der Waals surface area contributed by atoms with Crippen LogP contribution in [0.5, 0.6) is 5.88 Å². The van der Waals surface area contributed by atoms with E-state index in [1.807, 2.05) is 12.1 Å². The Morgan fingerprint density at radius 3 is 2.96 bits per heavy atom. The molecule has 0 bridgehead atoms. The Morgan fingerprint density at radius 2 is 2.21 bits per heavy atom. The maximum absolute atomic E-state index is 10.3. The molecule has 0 fully saturated rings. The van der Waals surface area contributed by atoms with Gasteiger partial charge in [0.15, 0.2) is 0 Å². The predicted octanol–water partition coefficient (Wildman–Crippen LogP) is 2.71. The molecule has 9 heteroatoms. The Hall–Kier alpha value is -2.87. The summed E-state index contributed by atoms with van der Waals surface area (Å²) in [7, 11) is 1.54. The molecule has 2 heterocycles. The van der Waals surface area contributed by atoms with E-state index in [1.54, 1.807) is 29.2 Å². The Labute approximate surface area is 142 Å². The lowest BCUT2D eigenvalue weighted by Crippen LogP contribution is -2.05. The molecule has 0 aliphatic heterocycles. The predicted molar refractivity (Wildman–Crippen MR) is 87.7 cm³/mol. The van der Waals surface area contributed by atoms with Crippen molar-refractivity contribution in [3.8, 4) is 17.1 Å². The van der Waals surface area contributed by atoms with Crippen LogP contribution in [0.1, 0.15) is 11.4 Å². The van der Waals surface area contributed by atoms with Crippen LogP contribution in [0.15, 0.2) is 41.8 Å². The third-order valence-electron chi connectivity index (χ3n) is 3.22. The zero-order valence-electron chi connectivity index (χ0n) is 12.8. The van der Waals surface area contributed by atoms with Crippen molar-refractivity contribution in [3.05, 3.63) is 58.0 Å². The molecule has 8 nitrogen and oxygen atoms in total. The average molecular weight is 345 g/mol. The summed E-state index contributed by atoms with van der Waals surface area (Å²) in [5, 5.41) is 11.2. The van der Waals surface area contributed by atoms with Gasteiger partial charge in [-0.1, -0.05) is 34.1 Å². The summed E-state index contributed by atoms with van der Waals surface area (Å²) in [6.45, 7) is 0.346. The third kappa shape index (κ3) is 3.54. The number of hydrogen-bond acceptors (Lipinski definition) is 7. The van der Waals surface area contributed by atoms with E-state index < -0.39 is 0 Å². The molecule has 2 aromatic heterocycles. The van der Waals surface area contributed by atoms with Crippen LogP contribution in [-0.2, 0) is 13.1 Å². The topological polar surface area (TPSA) is 95.2 Å². The van der Waals surface area contributed by atoms with Gasteiger partial charge in [-0.05, 0) is 12.1 Å². The zero-order chi connectivity index (χ0) is 16.9. The average Bonchev–Trinajstić information content (AvgIpc) is 3.02. The van der Waals surface area contributed by atoms with Crippen LogP contribution in [0.25, 0.3) is 11.3 Å². The van der Waals surface area contributed by atoms with E-state index in [0.29, 0.717) is 34.5 Å². The Balaban J connectivity index is 1.92. The van der Waals surface area contributed by atoms with E-state index in [0.717, 1.165) is 5.56 Å². The molecule has 0 N–H and O–H groups in total. The summed E-state index contributed by atoms with van der Waals surface area (Å²) in [5.41, 5.74) is 2.56. The van der Waals surface area contributed by atoms with E-state index in [1.165, 1.54) is 7.11 Å². The molecular weight excluding hydrogens is 332 g/mol. The van der Waals surface area contributed by atoms with Crippen LogP contribution in [0.2, 0.25) is 5.02 Å². The lowest BCUT2D eigenvalue weighted by molar-refractivity contribution is 0.397. The minimum Gasteiger partial charge on any atom is -0.479 e. The van der Waals surface area contributed by atoms with Crippen molar-refractivity contribution < 1.29 is 4.74 Å². The molecule has 0 aliphatic carbocycles. The number of nitrogens with zero attached hydrogens (tertiary/aromatic N) is 6. The number of halogens is 1. The molecule has 0 saturated carbocycles. The minimum atomic E-state index is -0.0118. The van der Waals surface area contributed by atoms with Gasteiger partial charge < -0.3 is 4.74 Å². The van der Waals surface area contributed by atoms with E-state index in [-0.39, 0.29) is 6.54 Å². The van der Waals surface area contributed by atoms with Crippen LogP contribution in [0, 0.1) is 4.91 Å². The standard InChI is InChI=1S/C15H13ClN6O2/c1-24-15-14(10-3-2-4-11(16)5-10)19-12(6-17-15)8-22-9-13(7-18-23)20-21-22/h2-6,9H,7-8H2,1H3. The second-order valence-corrected chi connectivity index (χ2v) is 5.36. The summed E-state index contributed by atoms with van der Waals surface area (Å²) >= 11 is 6.05. The van der Waals surface area contributed by atoms with E-state index in [4.69, 9.17) is 16.3 Å². The van der Waals surface area contributed by atoms with Crippen molar-refractivity contribution in [3.63, 3.8) is 0 Å². The molecule has 122 valence electrons. The van der Waals surface area contributed by atoms with Crippen LogP contribution >= 0.6 is 11.6 Å². The molecule has 0 amide bonds. The van der Waals surface area contributed by atoms with Gasteiger partial charge in [0.2, 0.25) is 5.88 Å². The van der Waals surface area contributed by atoms with Crippen molar-refractivity contribution in [2.45, 2.75) is 13.1 Å². The van der Waals surface area contributed by atoms with Crippen LogP contribution in [-0.4, -0.2) is 32.1 Å². The van der Waals surface area contributed by atoms with Gasteiger partial charge in [-0.3, -0.25) is 0 Å². The Kier molecular flexibility index (Phi) is 4.76. The lowest BCUT2D eigenvalue weighted by atomic mass is 10.1. The maximum Gasteiger partial charge on any atom is 0.240 e. The van der Waals surface area contributed by atoms with Gasteiger partial charge in [-0.2, -0.15) is 4.91 Å². The molecular formula is C15H13ClN6O2. The SMILES string of the molecule is COc1ncc(Cn2cc(CN=O)nn2)nc1-c1cccc(Cl)c1. The van der Waals surface area contributed by atoms with Crippen molar-refractivity contribution in [1.82, 2.24) is 25.0 Å². The van der Waals surface area contributed by atoms with Gasteiger partial charge in [0.1, 0.15) is 17.9 Å². The monoisotopic (exact) mass is 344 g/mol. The van der Waals surface area contributed by atoms with Gasteiger partial charge in [-0.25, -0.2) is 14.6 Å². The molecule has 0 aliphatic rings. The smallest absolute Gasteiger partial charge is 0.240 e. The maximum atomic E-state index is 10.3. The van der Waals surface area contributed by atoms with Crippen molar-refractivity contribution in [2.24, 2.45) is 5.18 Å². The van der Waals surface area contributed by atoms with Gasteiger partial charge in [0.25, 0.3) is 0 Å². The first kappa shape index (κ1) is 16.0. The molecule has 24 heavy (non-hydrogen) atoms. The number of hydrogen-bond donors (Lipinski definition) is 0. The van der Waals surface area contributed by atoms with E-state index in [9.17, 15) is 4.91 Å². The molecule has 0 spiro atoms. The highest BCUT2D eigenvalue weighted by Crippen LogP contribution is 2.28. The quantitative estimate of drug-likeness (QED) is 0.638. The number of methoxy groups -OCH3 is 1. The Bertz CT molecular complexity index is 867. The molecule has 0 atom stereocenters. The van der Waals surface area contributed by atoms with Crippen molar-refractivity contribution >= 4 is 11.6 Å². The first-order valence-corrected chi connectivity index (χ1v) is 7.41. The van der Waals surface area contributed by atoms with Crippen molar-refractivity contribution in [1.29, 1.82) is 0 Å². The van der Waals surface area contributed by atoms with Gasteiger partial charge in [0, 0.05) is 10.6 Å². The summed E-state index contributed by atoms with van der Waals surface area (Å²) in [6.07, 6.45) is 3.25. The Morgan fingerprint density at radius 1 is 1.33 bits per heavy atom. The number of aromatic nitrogens is 5. The van der Waals surface area contributed by atoms with Crippen LogP contribution in [0.3, 0.4) is 0 Å². The summed E-state index contributed by atoms with van der Waals surface area (Å²) < 4.78 is 6.85. The molecule has 1 aromatic carbocycles. The largest absolute Gasteiger partial charge is 0.479 e. The minimum absolute atomic E-state index is 0.0118. The first-order valence-electron chi connectivity index (χ1n) is 7.03. The summed E-state index contributed by atoms with van der Waals surface area (Å²) in [6, 6.07) is 7.29. The first-order chi connectivity index (χ1) is 11.7. The molecule has 3 rings (SSSR count). The number of ether oxygens (including phenoxy) is 1. The number of benzene rings is 1. The van der Waals surface area contributed by atoms with Crippen LogP contribution < -0.4 is 4.74 Å². The summed E-state index contributed by atoms with van der Waals surface area (Å²) in [5.74, 6) is 0.408. The molecule has 0 saturated heterocycles. The second-order valence-electron chi connectivity index (χ2n) is 4.92. The number of nitroso groups, excluding NO2 is 1. The van der Waals surface area contributed by atoms with Gasteiger partial charge in [-0.15, -0.1) is 5.10 Å². The zero-order valence-corrected chi connectivity index (χ0v) is 13.5. The summed E-state index contributed by atoms with van der Waals surface area (Å²) in [4.78, 5) is 19.1. The molecule has 3 aromatic rings. The fraction of sp³-hybridized carbons (Fsp3) is 0.200. The van der Waals surface area contributed by atoms with Crippen molar-refractivity contribution in [2.75, 3.05) is 7.11 Å². The third-order valence-corrected chi connectivity index (χ3v) is 3.45. The lowest BCUT2D eigenvalue weighted by Gasteiger charge is -2.09. The highest BCUT2D eigenvalue weighted by molar-refractivity contribution is 6.30. The van der Waals surface area contributed by atoms with Gasteiger partial charge >= 0.3 is 0 Å². The van der Waals surface area contributed by atoms with Crippen LogP contribution in [0.4, 0.5) is 0 Å². The van der Waals surface area contributed by atoms with Gasteiger partial charge in [0.05, 0.1) is 31.7 Å². The normalized spacial score (nSPS) is 10.6. The van der Waals surface area contributed by atoms with E-state index in [2.05, 4.69) is 25.5 Å². The highest BCUT2D eigenvalue weighted by atomic mass is 35.5.